The minimum Gasteiger partial charge on any atom is -0.495 e. The Bertz CT molecular complexity index is 1460. The van der Waals surface area contributed by atoms with Gasteiger partial charge in [0.15, 0.2) is 9.99 Å². The summed E-state index contributed by atoms with van der Waals surface area (Å²) in [4.78, 5) is 44.1. The van der Waals surface area contributed by atoms with Gasteiger partial charge in [-0.3, -0.25) is 14.2 Å². The number of thioether (sulfide) groups is 1. The van der Waals surface area contributed by atoms with Crippen LogP contribution in [0.25, 0.3) is 16.0 Å². The first-order valence-electron chi connectivity index (χ1n) is 10.3. The lowest BCUT2D eigenvalue weighted by molar-refractivity contribution is -0.116. The number of nitrogens with one attached hydrogen (secondary N) is 1. The molecule has 0 atom stereocenters. The van der Waals surface area contributed by atoms with Gasteiger partial charge in [-0.15, -0.1) is 11.3 Å². The maximum absolute atomic E-state index is 13.5. The van der Waals surface area contributed by atoms with E-state index in [0.29, 0.717) is 33.8 Å². The number of methoxy groups -OCH3 is 1. The molecule has 0 aliphatic carbocycles. The quantitative estimate of drug-likeness (QED) is 0.371. The van der Waals surface area contributed by atoms with Crippen molar-refractivity contribution >= 4 is 45.0 Å². The van der Waals surface area contributed by atoms with E-state index in [9.17, 15) is 14.4 Å². The molecule has 0 aliphatic heterocycles. The number of rotatable bonds is 8. The first kappa shape index (κ1) is 23.6. The molecule has 11 heteroatoms. The first-order chi connectivity index (χ1) is 16.5. The highest BCUT2D eigenvalue weighted by atomic mass is 32.2. The number of nitrogens with zero attached hydrogens (tertiary/aromatic N) is 3. The molecule has 4 rings (SSSR count). The normalized spacial score (nSPS) is 10.9. The number of amides is 1. The van der Waals surface area contributed by atoms with E-state index in [1.165, 1.54) is 34.8 Å². The largest absolute Gasteiger partial charge is 0.495 e. The van der Waals surface area contributed by atoms with Crippen molar-refractivity contribution in [3.63, 3.8) is 0 Å². The van der Waals surface area contributed by atoms with Gasteiger partial charge < -0.3 is 14.8 Å². The molecule has 0 spiro atoms. The molecule has 0 aliphatic rings. The summed E-state index contributed by atoms with van der Waals surface area (Å²) in [5.74, 6) is 0.618. The third kappa shape index (κ3) is 4.57. The predicted molar refractivity (Wildman–Crippen MR) is 134 cm³/mol. The summed E-state index contributed by atoms with van der Waals surface area (Å²) in [6.07, 6.45) is 1.83. The van der Waals surface area contributed by atoms with Crippen molar-refractivity contribution in [1.82, 2.24) is 14.1 Å². The van der Waals surface area contributed by atoms with E-state index >= 15 is 0 Å². The second kappa shape index (κ2) is 10.1. The van der Waals surface area contributed by atoms with E-state index < -0.39 is 17.2 Å². The van der Waals surface area contributed by atoms with Crippen LogP contribution in [0.4, 0.5) is 5.69 Å². The highest BCUT2D eigenvalue weighted by Crippen LogP contribution is 2.26. The fourth-order valence-corrected chi connectivity index (χ4v) is 4.91. The van der Waals surface area contributed by atoms with Crippen molar-refractivity contribution in [2.45, 2.75) is 17.8 Å². The van der Waals surface area contributed by atoms with E-state index in [4.69, 9.17) is 9.47 Å². The van der Waals surface area contributed by atoms with Crippen molar-refractivity contribution in [1.29, 1.82) is 0 Å². The standard InChI is InChI=1S/C23H22N4O5S2/c1-4-32-15-11-9-14(10-12-15)24-18(28)13-26-20-19(34-22(25-20)33-3)21(29)27(23(26)30)16-7-5-6-8-17(16)31-2/h5-12H,4,13H2,1-3H3,(H,24,28). The number of hydrogen-bond acceptors (Lipinski definition) is 8. The molecule has 34 heavy (non-hydrogen) atoms. The molecule has 9 nitrogen and oxygen atoms in total. The smallest absolute Gasteiger partial charge is 0.337 e. The Labute approximate surface area is 203 Å². The topological polar surface area (TPSA) is 104 Å². The van der Waals surface area contributed by atoms with Crippen LogP contribution in [-0.2, 0) is 11.3 Å². The minimum absolute atomic E-state index is 0.178. The zero-order valence-electron chi connectivity index (χ0n) is 18.7. The number of aromatic nitrogens is 3. The molecule has 0 unspecified atom stereocenters. The molecule has 0 fully saturated rings. The maximum atomic E-state index is 13.5. The number of carbonyl (C=O) groups is 1. The van der Waals surface area contributed by atoms with Crippen LogP contribution in [0.5, 0.6) is 11.5 Å². The second-order valence-electron chi connectivity index (χ2n) is 7.02. The number of ether oxygens (including phenoxy) is 2. The number of para-hydroxylation sites is 2. The molecule has 2 aromatic heterocycles. The van der Waals surface area contributed by atoms with Gasteiger partial charge in [0, 0.05) is 5.69 Å². The van der Waals surface area contributed by atoms with Gasteiger partial charge in [0.1, 0.15) is 22.7 Å². The summed E-state index contributed by atoms with van der Waals surface area (Å²) >= 11 is 2.54. The molecule has 4 aromatic rings. The molecule has 2 heterocycles. The molecule has 1 amide bonds. The molecule has 1 N–H and O–H groups in total. The lowest BCUT2D eigenvalue weighted by Crippen LogP contribution is -2.40. The van der Waals surface area contributed by atoms with Gasteiger partial charge in [-0.05, 0) is 49.6 Å². The fourth-order valence-electron chi connectivity index (χ4n) is 3.42. The zero-order valence-corrected chi connectivity index (χ0v) is 20.4. The van der Waals surface area contributed by atoms with Gasteiger partial charge >= 0.3 is 5.69 Å². The van der Waals surface area contributed by atoms with E-state index in [0.717, 1.165) is 4.57 Å². The van der Waals surface area contributed by atoms with Crippen LogP contribution >= 0.6 is 23.1 Å². The number of carbonyl (C=O) groups excluding carboxylic acids is 1. The number of fused-ring (bicyclic) bond motifs is 1. The Morgan fingerprint density at radius 2 is 1.88 bits per heavy atom. The van der Waals surface area contributed by atoms with E-state index in [-0.39, 0.29) is 16.9 Å². The van der Waals surface area contributed by atoms with E-state index in [1.807, 2.05) is 13.2 Å². The molecular formula is C23H22N4O5S2. The summed E-state index contributed by atoms with van der Waals surface area (Å²) in [5, 5.41) is 2.77. The van der Waals surface area contributed by atoms with E-state index in [1.54, 1.807) is 48.5 Å². The molecule has 0 saturated carbocycles. The first-order valence-corrected chi connectivity index (χ1v) is 12.4. The SMILES string of the molecule is CCOc1ccc(NC(=O)Cn2c(=O)n(-c3ccccc3OC)c(=O)c3sc(SC)nc32)cc1. The lowest BCUT2D eigenvalue weighted by Gasteiger charge is -2.14. The highest BCUT2D eigenvalue weighted by Gasteiger charge is 2.22. The van der Waals surface area contributed by atoms with Crippen molar-refractivity contribution in [2.24, 2.45) is 0 Å². The summed E-state index contributed by atoms with van der Waals surface area (Å²) in [6.45, 7) is 2.10. The highest BCUT2D eigenvalue weighted by molar-refractivity contribution is 8.00. The van der Waals surface area contributed by atoms with Crippen LogP contribution in [0.1, 0.15) is 6.92 Å². The average molecular weight is 499 g/mol. The third-order valence-electron chi connectivity index (χ3n) is 4.92. The Balaban J connectivity index is 1.78. The average Bonchev–Trinajstić information content (AvgIpc) is 3.28. The monoisotopic (exact) mass is 498 g/mol. The van der Waals surface area contributed by atoms with Gasteiger partial charge in [0.25, 0.3) is 5.56 Å². The van der Waals surface area contributed by atoms with Crippen molar-refractivity contribution in [2.75, 3.05) is 25.3 Å². The Hall–Kier alpha value is -3.57. The summed E-state index contributed by atoms with van der Waals surface area (Å²) < 4.78 is 13.9. The van der Waals surface area contributed by atoms with Crippen molar-refractivity contribution < 1.29 is 14.3 Å². The van der Waals surface area contributed by atoms with Gasteiger partial charge in [0.05, 0.1) is 19.4 Å². The fraction of sp³-hybridized carbons (Fsp3) is 0.217. The van der Waals surface area contributed by atoms with Crippen LogP contribution in [0, 0.1) is 0 Å². The lowest BCUT2D eigenvalue weighted by atomic mass is 10.3. The van der Waals surface area contributed by atoms with Crippen molar-refractivity contribution in [3.05, 3.63) is 69.4 Å². The summed E-state index contributed by atoms with van der Waals surface area (Å²) in [7, 11) is 1.46. The molecular weight excluding hydrogens is 476 g/mol. The van der Waals surface area contributed by atoms with Gasteiger partial charge in [-0.1, -0.05) is 23.9 Å². The number of benzene rings is 2. The predicted octanol–water partition coefficient (Wildman–Crippen LogP) is 3.38. The second-order valence-corrected chi connectivity index (χ2v) is 9.08. The molecule has 176 valence electrons. The molecule has 0 bridgehead atoms. The van der Waals surface area contributed by atoms with Gasteiger partial charge in [-0.2, -0.15) is 0 Å². The zero-order chi connectivity index (χ0) is 24.2. The Morgan fingerprint density at radius 3 is 2.56 bits per heavy atom. The Morgan fingerprint density at radius 1 is 1.15 bits per heavy atom. The maximum Gasteiger partial charge on any atom is 0.337 e. The molecule has 0 radical (unpaired) electrons. The van der Waals surface area contributed by atoms with Gasteiger partial charge in [-0.25, -0.2) is 14.3 Å². The third-order valence-corrected chi connectivity index (χ3v) is 6.93. The minimum atomic E-state index is -0.679. The number of hydrogen-bond donors (Lipinski definition) is 1. The summed E-state index contributed by atoms with van der Waals surface area (Å²) in [5.41, 5.74) is -0.162. The molecule has 2 aromatic carbocycles. The Kier molecular flexibility index (Phi) is 7.03. The number of anilines is 1. The van der Waals surface area contributed by atoms with Crippen LogP contribution < -0.4 is 26.0 Å². The molecule has 0 saturated heterocycles. The van der Waals surface area contributed by atoms with Crippen LogP contribution in [0.3, 0.4) is 0 Å². The van der Waals surface area contributed by atoms with Crippen molar-refractivity contribution in [3.8, 4) is 17.2 Å². The van der Waals surface area contributed by atoms with Gasteiger partial charge in [0.2, 0.25) is 5.91 Å². The van der Waals surface area contributed by atoms with E-state index in [2.05, 4.69) is 10.3 Å². The van der Waals surface area contributed by atoms with Crippen LogP contribution in [0.2, 0.25) is 0 Å². The van der Waals surface area contributed by atoms with Crippen LogP contribution in [-0.4, -0.2) is 40.0 Å². The summed E-state index contributed by atoms with van der Waals surface area (Å²) in [6, 6.07) is 13.7. The number of thiazole rings is 1. The van der Waals surface area contributed by atoms with Crippen LogP contribution in [0.15, 0.2) is 62.5 Å².